The quantitative estimate of drug-likeness (QED) is 0.884. The average Bonchev–Trinajstić information content (AvgIpc) is 2.94. The van der Waals surface area contributed by atoms with Crippen molar-refractivity contribution in [2.24, 2.45) is 5.92 Å². The maximum atomic E-state index is 5.49. The maximum absolute atomic E-state index is 5.49. The van der Waals surface area contributed by atoms with Gasteiger partial charge in [0.25, 0.3) is 0 Å². The minimum absolute atomic E-state index is 0.634. The lowest BCUT2D eigenvalue weighted by atomic mass is 9.90. The van der Waals surface area contributed by atoms with E-state index in [0.29, 0.717) is 5.92 Å². The van der Waals surface area contributed by atoms with E-state index in [4.69, 9.17) is 4.74 Å². The predicted octanol–water partition coefficient (Wildman–Crippen LogP) is 2.73. The second-order valence-corrected chi connectivity index (χ2v) is 5.72. The van der Waals surface area contributed by atoms with E-state index in [1.54, 1.807) is 0 Å². The van der Waals surface area contributed by atoms with Crippen molar-refractivity contribution >= 4 is 0 Å². The van der Waals surface area contributed by atoms with Crippen LogP contribution in [-0.2, 0) is 11.2 Å². The van der Waals surface area contributed by atoms with Gasteiger partial charge in [-0.1, -0.05) is 24.3 Å². The molecule has 1 aromatic rings. The second kappa shape index (κ2) is 5.85. The number of piperidine rings is 1. The largest absolute Gasteiger partial charge is 0.381 e. The molecule has 0 amide bonds. The topological polar surface area (TPSA) is 21.3 Å². The summed E-state index contributed by atoms with van der Waals surface area (Å²) in [5.41, 5.74) is 2.99. The lowest BCUT2D eigenvalue weighted by molar-refractivity contribution is 0.194. The van der Waals surface area contributed by atoms with E-state index in [0.717, 1.165) is 19.1 Å². The Hall–Kier alpha value is -0.860. The number of nitrogens with one attached hydrogen (secondary N) is 1. The van der Waals surface area contributed by atoms with Crippen molar-refractivity contribution in [1.82, 2.24) is 5.32 Å². The number of ether oxygens (including phenoxy) is 1. The van der Waals surface area contributed by atoms with Gasteiger partial charge in [0.15, 0.2) is 0 Å². The number of hydrogen-bond donors (Lipinski definition) is 1. The highest BCUT2D eigenvalue weighted by molar-refractivity contribution is 5.27. The van der Waals surface area contributed by atoms with Crippen molar-refractivity contribution in [2.75, 3.05) is 26.3 Å². The predicted molar refractivity (Wildman–Crippen MR) is 73.9 cm³/mol. The molecule has 98 valence electrons. The van der Waals surface area contributed by atoms with Gasteiger partial charge < -0.3 is 10.1 Å². The fourth-order valence-electron chi connectivity index (χ4n) is 3.20. The zero-order valence-corrected chi connectivity index (χ0v) is 11.0. The Morgan fingerprint density at radius 1 is 1.28 bits per heavy atom. The summed E-state index contributed by atoms with van der Waals surface area (Å²) in [5.74, 6) is 1.46. The molecule has 18 heavy (non-hydrogen) atoms. The molecule has 0 saturated carbocycles. The van der Waals surface area contributed by atoms with Crippen LogP contribution in [0.5, 0.6) is 0 Å². The van der Waals surface area contributed by atoms with E-state index < -0.39 is 0 Å². The van der Waals surface area contributed by atoms with E-state index >= 15 is 0 Å². The third-order valence-corrected chi connectivity index (χ3v) is 4.28. The van der Waals surface area contributed by atoms with Gasteiger partial charge in [0.1, 0.15) is 0 Å². The van der Waals surface area contributed by atoms with Crippen molar-refractivity contribution < 1.29 is 4.74 Å². The van der Waals surface area contributed by atoms with Crippen LogP contribution in [0.25, 0.3) is 0 Å². The molecule has 2 nitrogen and oxygen atoms in total. The highest BCUT2D eigenvalue weighted by Gasteiger charge is 2.18. The lowest BCUT2D eigenvalue weighted by Crippen LogP contribution is -2.30. The van der Waals surface area contributed by atoms with Gasteiger partial charge in [-0.15, -0.1) is 0 Å². The van der Waals surface area contributed by atoms with Gasteiger partial charge in [-0.25, -0.2) is 0 Å². The Bertz CT molecular complexity index is 378. The molecule has 2 unspecified atom stereocenters. The fraction of sp³-hybridized carbons (Fsp3) is 0.625. The van der Waals surface area contributed by atoms with Gasteiger partial charge in [0, 0.05) is 12.5 Å². The highest BCUT2D eigenvalue weighted by atomic mass is 16.5. The molecule has 2 fully saturated rings. The third-order valence-electron chi connectivity index (χ3n) is 4.28. The first-order valence-electron chi connectivity index (χ1n) is 7.29. The summed E-state index contributed by atoms with van der Waals surface area (Å²) < 4.78 is 5.49. The minimum atomic E-state index is 0.634. The molecular formula is C16H23NO. The van der Waals surface area contributed by atoms with Crippen LogP contribution in [0.2, 0.25) is 0 Å². The summed E-state index contributed by atoms with van der Waals surface area (Å²) in [5, 5.41) is 3.50. The molecule has 3 rings (SSSR count). The molecule has 0 bridgehead atoms. The Morgan fingerprint density at radius 3 is 3.06 bits per heavy atom. The summed E-state index contributed by atoms with van der Waals surface area (Å²) in [6, 6.07) is 9.18. The van der Waals surface area contributed by atoms with Crippen molar-refractivity contribution in [3.05, 3.63) is 35.4 Å². The van der Waals surface area contributed by atoms with Gasteiger partial charge in [0.05, 0.1) is 6.61 Å². The smallest absolute Gasteiger partial charge is 0.0535 e. The first-order valence-corrected chi connectivity index (χ1v) is 7.29. The van der Waals surface area contributed by atoms with Gasteiger partial charge in [0.2, 0.25) is 0 Å². The molecule has 0 aromatic heterocycles. The Labute approximate surface area is 110 Å². The second-order valence-electron chi connectivity index (χ2n) is 5.72. The van der Waals surface area contributed by atoms with Crippen LogP contribution in [0.4, 0.5) is 0 Å². The van der Waals surface area contributed by atoms with Crippen LogP contribution in [0.1, 0.15) is 36.3 Å². The Morgan fingerprint density at radius 2 is 2.28 bits per heavy atom. The molecule has 2 saturated heterocycles. The zero-order valence-electron chi connectivity index (χ0n) is 11.0. The maximum Gasteiger partial charge on any atom is 0.0535 e. The monoisotopic (exact) mass is 245 g/mol. The molecular weight excluding hydrogens is 222 g/mol. The van der Waals surface area contributed by atoms with E-state index in [1.165, 1.54) is 49.9 Å². The molecule has 1 aromatic carbocycles. The van der Waals surface area contributed by atoms with Gasteiger partial charge in [-0.3, -0.25) is 0 Å². The molecule has 0 spiro atoms. The lowest BCUT2D eigenvalue weighted by Gasteiger charge is -2.23. The highest BCUT2D eigenvalue weighted by Crippen LogP contribution is 2.26. The zero-order chi connectivity index (χ0) is 12.2. The minimum Gasteiger partial charge on any atom is -0.381 e. The van der Waals surface area contributed by atoms with E-state index in [1.807, 2.05) is 0 Å². The van der Waals surface area contributed by atoms with Gasteiger partial charge >= 0.3 is 0 Å². The molecule has 2 aliphatic heterocycles. The molecule has 2 atom stereocenters. The molecule has 2 aliphatic rings. The van der Waals surface area contributed by atoms with E-state index in [2.05, 4.69) is 29.6 Å². The third kappa shape index (κ3) is 2.93. The van der Waals surface area contributed by atoms with Crippen LogP contribution in [0.15, 0.2) is 24.3 Å². The first-order chi connectivity index (χ1) is 8.92. The molecule has 0 aliphatic carbocycles. The summed E-state index contributed by atoms with van der Waals surface area (Å²) >= 11 is 0. The van der Waals surface area contributed by atoms with E-state index in [9.17, 15) is 0 Å². The summed E-state index contributed by atoms with van der Waals surface area (Å²) in [7, 11) is 0. The molecule has 1 N–H and O–H groups in total. The van der Waals surface area contributed by atoms with Gasteiger partial charge in [-0.2, -0.15) is 0 Å². The average molecular weight is 245 g/mol. The normalized spacial score (nSPS) is 28.4. The number of rotatable bonds is 3. The molecule has 2 heterocycles. The van der Waals surface area contributed by atoms with Crippen LogP contribution < -0.4 is 5.32 Å². The van der Waals surface area contributed by atoms with Crippen LogP contribution >= 0.6 is 0 Å². The van der Waals surface area contributed by atoms with Gasteiger partial charge in [-0.05, 0) is 55.8 Å². The number of benzene rings is 1. The summed E-state index contributed by atoms with van der Waals surface area (Å²) in [6.07, 6.45) is 5.13. The summed E-state index contributed by atoms with van der Waals surface area (Å²) in [4.78, 5) is 0. The van der Waals surface area contributed by atoms with Crippen LogP contribution in [0.3, 0.4) is 0 Å². The SMILES string of the molecule is c1cc(CC2CCCNC2)cc(C2CCOC2)c1. The summed E-state index contributed by atoms with van der Waals surface area (Å²) in [6.45, 7) is 4.24. The molecule has 0 radical (unpaired) electrons. The van der Waals surface area contributed by atoms with Crippen molar-refractivity contribution in [3.8, 4) is 0 Å². The van der Waals surface area contributed by atoms with E-state index in [-0.39, 0.29) is 0 Å². The Kier molecular flexibility index (Phi) is 3.96. The Balaban J connectivity index is 1.66. The standard InChI is InChI=1S/C16H23NO/c1-3-13(9-14-4-2-7-17-11-14)10-15(5-1)16-6-8-18-12-16/h1,3,5,10,14,16-17H,2,4,6-9,11-12H2. The molecule has 2 heteroatoms. The fourth-order valence-corrected chi connectivity index (χ4v) is 3.20. The first kappa shape index (κ1) is 12.2. The van der Waals surface area contributed by atoms with Crippen molar-refractivity contribution in [3.63, 3.8) is 0 Å². The van der Waals surface area contributed by atoms with Crippen LogP contribution in [-0.4, -0.2) is 26.3 Å². The number of hydrogen-bond acceptors (Lipinski definition) is 2. The van der Waals surface area contributed by atoms with Crippen molar-refractivity contribution in [2.45, 2.75) is 31.6 Å². The van der Waals surface area contributed by atoms with Crippen molar-refractivity contribution in [1.29, 1.82) is 0 Å². The van der Waals surface area contributed by atoms with Crippen LogP contribution in [0, 0.1) is 5.92 Å².